The molecule has 1 saturated heterocycles. The zero-order valence-corrected chi connectivity index (χ0v) is 16.2. The number of halogens is 1. The summed E-state index contributed by atoms with van der Waals surface area (Å²) in [5.74, 6) is 1.45. The Balaban J connectivity index is 1.36. The quantitative estimate of drug-likeness (QED) is 0.628. The Bertz CT molecular complexity index is 1010. The first-order valence-corrected chi connectivity index (χ1v) is 10.1. The standard InChI is InChI=1S/C24H23FN2O2/c25-21-13-17(19-3-1-9-26-15-19)5-6-20(21)16-27-10-2-4-22(27)18-7-8-23-24(14-18)29-12-11-28-23/h1,3,5-9,13-15,22H,2,4,10-12,16H2/t22-/m1/s1. The van der Waals surface area contributed by atoms with E-state index in [0.29, 0.717) is 19.8 Å². The minimum Gasteiger partial charge on any atom is -0.486 e. The van der Waals surface area contributed by atoms with Crippen LogP contribution in [0.1, 0.15) is 30.0 Å². The number of hydrogen-bond acceptors (Lipinski definition) is 4. The van der Waals surface area contributed by atoms with Crippen molar-refractivity contribution < 1.29 is 13.9 Å². The zero-order chi connectivity index (χ0) is 19.6. The molecule has 148 valence electrons. The van der Waals surface area contributed by atoms with Crippen molar-refractivity contribution in [1.82, 2.24) is 9.88 Å². The normalized spacial score (nSPS) is 18.7. The van der Waals surface area contributed by atoms with Gasteiger partial charge in [-0.2, -0.15) is 0 Å². The van der Waals surface area contributed by atoms with Crippen molar-refractivity contribution in [2.24, 2.45) is 0 Å². The molecule has 0 saturated carbocycles. The molecule has 2 aliphatic rings. The summed E-state index contributed by atoms with van der Waals surface area (Å²) in [4.78, 5) is 6.48. The molecule has 0 N–H and O–H groups in total. The van der Waals surface area contributed by atoms with Gasteiger partial charge in [0.25, 0.3) is 0 Å². The summed E-state index contributed by atoms with van der Waals surface area (Å²) >= 11 is 0. The fourth-order valence-electron chi connectivity index (χ4n) is 4.27. The van der Waals surface area contributed by atoms with Crippen molar-refractivity contribution in [3.8, 4) is 22.6 Å². The van der Waals surface area contributed by atoms with E-state index in [4.69, 9.17) is 9.47 Å². The van der Waals surface area contributed by atoms with E-state index < -0.39 is 0 Å². The fraction of sp³-hybridized carbons (Fsp3) is 0.292. The van der Waals surface area contributed by atoms with Crippen LogP contribution in [0.25, 0.3) is 11.1 Å². The largest absolute Gasteiger partial charge is 0.486 e. The van der Waals surface area contributed by atoms with E-state index in [2.05, 4.69) is 22.0 Å². The van der Waals surface area contributed by atoms with Gasteiger partial charge in [-0.1, -0.05) is 24.3 Å². The number of ether oxygens (including phenoxy) is 2. The summed E-state index contributed by atoms with van der Waals surface area (Å²) in [6.07, 6.45) is 5.65. The molecule has 1 atom stereocenters. The van der Waals surface area contributed by atoms with Gasteiger partial charge in [0.1, 0.15) is 19.0 Å². The van der Waals surface area contributed by atoms with E-state index in [1.807, 2.05) is 30.3 Å². The van der Waals surface area contributed by atoms with Gasteiger partial charge in [0.05, 0.1) is 0 Å². The van der Waals surface area contributed by atoms with E-state index in [1.54, 1.807) is 18.5 Å². The topological polar surface area (TPSA) is 34.6 Å². The fourth-order valence-corrected chi connectivity index (χ4v) is 4.27. The zero-order valence-electron chi connectivity index (χ0n) is 16.2. The highest BCUT2D eigenvalue weighted by Gasteiger charge is 2.28. The molecule has 5 rings (SSSR count). The number of benzene rings is 2. The highest BCUT2D eigenvalue weighted by molar-refractivity contribution is 5.62. The average molecular weight is 390 g/mol. The predicted molar refractivity (Wildman–Crippen MR) is 109 cm³/mol. The number of hydrogen-bond donors (Lipinski definition) is 0. The lowest BCUT2D eigenvalue weighted by Crippen LogP contribution is -2.23. The first kappa shape index (κ1) is 18.1. The number of likely N-dealkylation sites (tertiary alicyclic amines) is 1. The Morgan fingerprint density at radius 3 is 2.72 bits per heavy atom. The third-order valence-corrected chi connectivity index (χ3v) is 5.74. The van der Waals surface area contributed by atoms with Gasteiger partial charge in [-0.05, 0) is 54.8 Å². The number of rotatable bonds is 4. The van der Waals surface area contributed by atoms with Gasteiger partial charge in [0.15, 0.2) is 11.5 Å². The van der Waals surface area contributed by atoms with E-state index in [-0.39, 0.29) is 11.9 Å². The summed E-state index contributed by atoms with van der Waals surface area (Å²) in [6, 6.07) is 15.7. The molecule has 0 aliphatic carbocycles. The van der Waals surface area contributed by atoms with Gasteiger partial charge in [-0.3, -0.25) is 9.88 Å². The second-order valence-corrected chi connectivity index (χ2v) is 7.58. The van der Waals surface area contributed by atoms with Crippen LogP contribution in [0.3, 0.4) is 0 Å². The van der Waals surface area contributed by atoms with Crippen molar-refractivity contribution in [2.75, 3.05) is 19.8 Å². The van der Waals surface area contributed by atoms with Gasteiger partial charge in [0.2, 0.25) is 0 Å². The lowest BCUT2D eigenvalue weighted by molar-refractivity contribution is 0.170. The van der Waals surface area contributed by atoms with Crippen LogP contribution in [-0.4, -0.2) is 29.6 Å². The van der Waals surface area contributed by atoms with Crippen LogP contribution in [0, 0.1) is 5.82 Å². The van der Waals surface area contributed by atoms with Crippen molar-refractivity contribution >= 4 is 0 Å². The number of fused-ring (bicyclic) bond motifs is 1. The molecule has 1 aromatic heterocycles. The third kappa shape index (κ3) is 3.70. The number of aromatic nitrogens is 1. The molecule has 0 unspecified atom stereocenters. The van der Waals surface area contributed by atoms with Gasteiger partial charge < -0.3 is 9.47 Å². The molecule has 0 radical (unpaired) electrons. The predicted octanol–water partition coefficient (Wildman–Crippen LogP) is 5.00. The van der Waals surface area contributed by atoms with Crippen LogP contribution in [0.15, 0.2) is 60.9 Å². The van der Waals surface area contributed by atoms with Crippen LogP contribution in [-0.2, 0) is 6.54 Å². The highest BCUT2D eigenvalue weighted by Crippen LogP contribution is 2.39. The smallest absolute Gasteiger partial charge is 0.161 e. The highest BCUT2D eigenvalue weighted by atomic mass is 19.1. The first-order chi connectivity index (χ1) is 14.3. The average Bonchev–Trinajstić information content (AvgIpc) is 3.23. The molecular formula is C24H23FN2O2. The summed E-state index contributed by atoms with van der Waals surface area (Å²) in [5.41, 5.74) is 3.71. The molecule has 0 bridgehead atoms. The monoisotopic (exact) mass is 390 g/mol. The molecule has 3 heterocycles. The maximum Gasteiger partial charge on any atom is 0.161 e. The Kier molecular flexibility index (Phi) is 4.90. The van der Waals surface area contributed by atoms with Gasteiger partial charge in [0, 0.05) is 36.1 Å². The Morgan fingerprint density at radius 1 is 1.00 bits per heavy atom. The minimum absolute atomic E-state index is 0.167. The van der Waals surface area contributed by atoms with Crippen molar-refractivity contribution in [3.63, 3.8) is 0 Å². The molecule has 1 fully saturated rings. The van der Waals surface area contributed by atoms with Gasteiger partial charge in [-0.15, -0.1) is 0 Å². The second kappa shape index (κ2) is 7.84. The van der Waals surface area contributed by atoms with Crippen LogP contribution in [0.5, 0.6) is 11.5 Å². The van der Waals surface area contributed by atoms with Crippen LogP contribution < -0.4 is 9.47 Å². The van der Waals surface area contributed by atoms with Gasteiger partial charge in [-0.25, -0.2) is 4.39 Å². The maximum atomic E-state index is 14.9. The lowest BCUT2D eigenvalue weighted by atomic mass is 10.0. The molecule has 2 aromatic carbocycles. The molecule has 29 heavy (non-hydrogen) atoms. The lowest BCUT2D eigenvalue weighted by Gasteiger charge is -2.27. The number of pyridine rings is 1. The summed E-state index contributed by atoms with van der Waals surface area (Å²) in [5, 5.41) is 0. The Hall–Kier alpha value is -2.92. The van der Waals surface area contributed by atoms with E-state index >= 15 is 0 Å². The van der Waals surface area contributed by atoms with Crippen LogP contribution in [0.4, 0.5) is 4.39 Å². The molecule has 3 aromatic rings. The van der Waals surface area contributed by atoms with Crippen LogP contribution in [0.2, 0.25) is 0 Å². The Labute approximate surface area is 169 Å². The summed E-state index contributed by atoms with van der Waals surface area (Å²) in [7, 11) is 0. The van der Waals surface area contributed by atoms with E-state index in [0.717, 1.165) is 47.6 Å². The maximum absolute atomic E-state index is 14.9. The van der Waals surface area contributed by atoms with Crippen molar-refractivity contribution in [2.45, 2.75) is 25.4 Å². The van der Waals surface area contributed by atoms with Crippen LogP contribution >= 0.6 is 0 Å². The third-order valence-electron chi connectivity index (χ3n) is 5.74. The van der Waals surface area contributed by atoms with Gasteiger partial charge >= 0.3 is 0 Å². The van der Waals surface area contributed by atoms with Crippen molar-refractivity contribution in [1.29, 1.82) is 0 Å². The molecule has 4 nitrogen and oxygen atoms in total. The van der Waals surface area contributed by atoms with E-state index in [9.17, 15) is 4.39 Å². The van der Waals surface area contributed by atoms with E-state index in [1.165, 1.54) is 5.56 Å². The second-order valence-electron chi connectivity index (χ2n) is 7.58. The number of nitrogens with zero attached hydrogens (tertiary/aromatic N) is 2. The van der Waals surface area contributed by atoms with Crippen molar-refractivity contribution in [3.05, 3.63) is 77.9 Å². The SMILES string of the molecule is Fc1cc(-c2cccnc2)ccc1CN1CCC[C@@H]1c1ccc2c(c1)OCCO2. The first-order valence-electron chi connectivity index (χ1n) is 10.1. The summed E-state index contributed by atoms with van der Waals surface area (Å²) < 4.78 is 26.2. The molecule has 0 spiro atoms. The summed E-state index contributed by atoms with van der Waals surface area (Å²) in [6.45, 7) is 2.73. The molecule has 0 amide bonds. The molecular weight excluding hydrogens is 367 g/mol. The molecule has 5 heteroatoms. The Morgan fingerprint density at radius 2 is 1.90 bits per heavy atom. The molecule has 2 aliphatic heterocycles. The minimum atomic E-state index is -0.167.